The minimum atomic E-state index is -0.326. The van der Waals surface area contributed by atoms with Crippen molar-refractivity contribution in [3.63, 3.8) is 0 Å². The van der Waals surface area contributed by atoms with E-state index >= 15 is 0 Å². The van der Waals surface area contributed by atoms with Gasteiger partial charge in [0.2, 0.25) is 0 Å². The number of methoxy groups -OCH3 is 1. The Morgan fingerprint density at radius 1 is 1.39 bits per heavy atom. The largest absolute Gasteiger partial charge is 0.465 e. The molecule has 1 aromatic carbocycles. The topological polar surface area (TPSA) is 61.5 Å². The molecule has 2 rings (SSSR count). The Hall–Kier alpha value is -1.39. The minimum absolute atomic E-state index is 0.135. The van der Waals surface area contributed by atoms with E-state index in [2.05, 4.69) is 0 Å². The summed E-state index contributed by atoms with van der Waals surface area (Å²) in [5.74, 6) is 0.0395. The van der Waals surface area contributed by atoms with E-state index in [1.807, 2.05) is 18.2 Å². The van der Waals surface area contributed by atoms with Crippen molar-refractivity contribution in [1.82, 2.24) is 0 Å². The van der Waals surface area contributed by atoms with Crippen LogP contribution in [0.15, 0.2) is 24.3 Å². The summed E-state index contributed by atoms with van der Waals surface area (Å²) in [6, 6.07) is 7.27. The third-order valence-electron chi connectivity index (χ3n) is 3.50. The van der Waals surface area contributed by atoms with Gasteiger partial charge in [0, 0.05) is 19.3 Å². The Morgan fingerprint density at radius 3 is 2.72 bits per heavy atom. The van der Waals surface area contributed by atoms with E-state index in [4.69, 9.17) is 15.2 Å². The summed E-state index contributed by atoms with van der Waals surface area (Å²) in [7, 11) is 1.39. The molecule has 0 aromatic heterocycles. The molecule has 1 atom stereocenters. The zero-order chi connectivity index (χ0) is 13.0. The van der Waals surface area contributed by atoms with Crippen LogP contribution in [0.5, 0.6) is 0 Å². The number of hydrogen-bond donors (Lipinski definition) is 1. The van der Waals surface area contributed by atoms with Gasteiger partial charge >= 0.3 is 5.97 Å². The van der Waals surface area contributed by atoms with Gasteiger partial charge in [0.05, 0.1) is 12.7 Å². The standard InChI is InChI=1S/C14H19NO3/c1-17-14(16)12-5-3-2-4-11(12)13(15)10-6-8-18-9-7-10/h2-5,10,13H,6-9,15H2,1H3/t13-/m1/s1. The molecular weight excluding hydrogens is 230 g/mol. The van der Waals surface area contributed by atoms with Gasteiger partial charge in [-0.05, 0) is 30.4 Å². The number of carbonyl (C=O) groups excluding carboxylic acids is 1. The van der Waals surface area contributed by atoms with Crippen molar-refractivity contribution in [2.75, 3.05) is 20.3 Å². The van der Waals surface area contributed by atoms with Gasteiger partial charge in [0.25, 0.3) is 0 Å². The maximum Gasteiger partial charge on any atom is 0.338 e. The molecular formula is C14H19NO3. The summed E-state index contributed by atoms with van der Waals surface area (Å²) in [4.78, 5) is 11.7. The maximum absolute atomic E-state index is 11.7. The molecule has 0 amide bonds. The average Bonchev–Trinajstić information content (AvgIpc) is 2.46. The van der Waals surface area contributed by atoms with Gasteiger partial charge in [-0.3, -0.25) is 0 Å². The quantitative estimate of drug-likeness (QED) is 0.831. The molecule has 1 aliphatic heterocycles. The van der Waals surface area contributed by atoms with Crippen molar-refractivity contribution in [3.8, 4) is 0 Å². The first kappa shape index (κ1) is 13.1. The van der Waals surface area contributed by atoms with Gasteiger partial charge in [0.1, 0.15) is 0 Å². The molecule has 4 nitrogen and oxygen atoms in total. The van der Waals surface area contributed by atoms with Gasteiger partial charge in [0.15, 0.2) is 0 Å². The maximum atomic E-state index is 11.7. The Kier molecular flexibility index (Phi) is 4.33. The van der Waals surface area contributed by atoms with Crippen LogP contribution in [0.2, 0.25) is 0 Å². The molecule has 1 saturated heterocycles. The molecule has 98 valence electrons. The SMILES string of the molecule is COC(=O)c1ccccc1[C@H](N)C1CCOCC1. The van der Waals surface area contributed by atoms with Crippen LogP contribution in [0, 0.1) is 5.92 Å². The molecule has 0 aliphatic carbocycles. The molecule has 18 heavy (non-hydrogen) atoms. The van der Waals surface area contributed by atoms with Crippen LogP contribution < -0.4 is 5.73 Å². The van der Waals surface area contributed by atoms with Gasteiger partial charge < -0.3 is 15.2 Å². The fourth-order valence-corrected chi connectivity index (χ4v) is 2.41. The predicted molar refractivity (Wildman–Crippen MR) is 68.3 cm³/mol. The highest BCUT2D eigenvalue weighted by Gasteiger charge is 2.25. The van der Waals surface area contributed by atoms with E-state index in [-0.39, 0.29) is 12.0 Å². The molecule has 2 N–H and O–H groups in total. The Bertz CT molecular complexity index is 413. The van der Waals surface area contributed by atoms with Gasteiger partial charge in [-0.25, -0.2) is 4.79 Å². The van der Waals surface area contributed by atoms with Gasteiger partial charge in [-0.15, -0.1) is 0 Å². The summed E-state index contributed by atoms with van der Waals surface area (Å²) in [5.41, 5.74) is 7.74. The number of carbonyl (C=O) groups is 1. The van der Waals surface area contributed by atoms with Crippen molar-refractivity contribution < 1.29 is 14.3 Å². The van der Waals surface area contributed by atoms with Crippen LogP contribution in [-0.4, -0.2) is 26.3 Å². The second-order valence-corrected chi connectivity index (χ2v) is 4.55. The molecule has 0 bridgehead atoms. The monoisotopic (exact) mass is 249 g/mol. The molecule has 0 spiro atoms. The summed E-state index contributed by atoms with van der Waals surface area (Å²) < 4.78 is 10.1. The summed E-state index contributed by atoms with van der Waals surface area (Å²) in [5, 5.41) is 0. The lowest BCUT2D eigenvalue weighted by Crippen LogP contribution is -2.28. The van der Waals surface area contributed by atoms with E-state index in [1.54, 1.807) is 6.07 Å². The normalized spacial score (nSPS) is 18.3. The molecule has 1 aliphatic rings. The van der Waals surface area contributed by atoms with Gasteiger partial charge in [-0.2, -0.15) is 0 Å². The van der Waals surface area contributed by atoms with Crippen molar-refractivity contribution >= 4 is 5.97 Å². The number of hydrogen-bond acceptors (Lipinski definition) is 4. The third kappa shape index (κ3) is 2.71. The lowest BCUT2D eigenvalue weighted by molar-refractivity contribution is 0.0563. The number of esters is 1. The highest BCUT2D eigenvalue weighted by molar-refractivity contribution is 5.91. The second kappa shape index (κ2) is 5.98. The Balaban J connectivity index is 2.23. The Morgan fingerprint density at radius 2 is 2.06 bits per heavy atom. The summed E-state index contributed by atoms with van der Waals surface area (Å²) in [6.07, 6.45) is 1.88. The lowest BCUT2D eigenvalue weighted by atomic mass is 9.86. The number of rotatable bonds is 3. The fourth-order valence-electron chi connectivity index (χ4n) is 2.41. The van der Waals surface area contributed by atoms with Crippen LogP contribution in [0.3, 0.4) is 0 Å². The first-order valence-corrected chi connectivity index (χ1v) is 6.24. The van der Waals surface area contributed by atoms with E-state index in [0.29, 0.717) is 11.5 Å². The smallest absolute Gasteiger partial charge is 0.338 e. The summed E-state index contributed by atoms with van der Waals surface area (Å²) >= 11 is 0. The van der Waals surface area contributed by atoms with Crippen LogP contribution in [0.25, 0.3) is 0 Å². The number of nitrogens with two attached hydrogens (primary N) is 1. The number of benzene rings is 1. The second-order valence-electron chi connectivity index (χ2n) is 4.55. The molecule has 0 unspecified atom stereocenters. The Labute approximate surface area is 107 Å². The average molecular weight is 249 g/mol. The fraction of sp³-hybridized carbons (Fsp3) is 0.500. The highest BCUT2D eigenvalue weighted by Crippen LogP contribution is 2.30. The lowest BCUT2D eigenvalue weighted by Gasteiger charge is -2.28. The van der Waals surface area contributed by atoms with Crippen molar-refractivity contribution in [2.45, 2.75) is 18.9 Å². The third-order valence-corrected chi connectivity index (χ3v) is 3.50. The van der Waals surface area contributed by atoms with Crippen molar-refractivity contribution in [3.05, 3.63) is 35.4 Å². The van der Waals surface area contributed by atoms with Gasteiger partial charge in [-0.1, -0.05) is 18.2 Å². The molecule has 1 fully saturated rings. The van der Waals surface area contributed by atoms with E-state index < -0.39 is 0 Å². The first-order chi connectivity index (χ1) is 8.74. The molecule has 0 saturated carbocycles. The van der Waals surface area contributed by atoms with Crippen LogP contribution >= 0.6 is 0 Å². The zero-order valence-electron chi connectivity index (χ0n) is 10.6. The van der Waals surface area contributed by atoms with Crippen LogP contribution in [0.4, 0.5) is 0 Å². The van der Waals surface area contributed by atoms with Crippen molar-refractivity contribution in [1.29, 1.82) is 0 Å². The zero-order valence-corrected chi connectivity index (χ0v) is 10.6. The summed E-state index contributed by atoms with van der Waals surface area (Å²) in [6.45, 7) is 1.50. The predicted octanol–water partition coefficient (Wildman–Crippen LogP) is 1.90. The van der Waals surface area contributed by atoms with E-state index in [0.717, 1.165) is 31.6 Å². The molecule has 4 heteroatoms. The van der Waals surface area contributed by atoms with Crippen LogP contribution in [-0.2, 0) is 9.47 Å². The molecule has 1 heterocycles. The molecule has 0 radical (unpaired) electrons. The number of ether oxygens (including phenoxy) is 2. The highest BCUT2D eigenvalue weighted by atomic mass is 16.5. The molecule has 1 aromatic rings. The van der Waals surface area contributed by atoms with E-state index in [9.17, 15) is 4.79 Å². The van der Waals surface area contributed by atoms with Crippen molar-refractivity contribution in [2.24, 2.45) is 11.7 Å². The first-order valence-electron chi connectivity index (χ1n) is 6.24. The van der Waals surface area contributed by atoms with Crippen LogP contribution in [0.1, 0.15) is 34.8 Å². The van der Waals surface area contributed by atoms with E-state index in [1.165, 1.54) is 7.11 Å². The minimum Gasteiger partial charge on any atom is -0.465 e.